The third-order valence-electron chi connectivity index (χ3n) is 3.96. The summed E-state index contributed by atoms with van der Waals surface area (Å²) in [7, 11) is 2.06. The van der Waals surface area contributed by atoms with E-state index < -0.39 is 0 Å². The van der Waals surface area contributed by atoms with Gasteiger partial charge in [0.05, 0.1) is 6.61 Å². The number of hydrogen-bond acceptors (Lipinski definition) is 2. The highest BCUT2D eigenvalue weighted by atomic mass is 16.5. The van der Waals surface area contributed by atoms with E-state index in [9.17, 15) is 0 Å². The number of ether oxygens (including phenoxy) is 1. The van der Waals surface area contributed by atoms with Gasteiger partial charge in [-0.15, -0.1) is 0 Å². The molecule has 2 atom stereocenters. The van der Waals surface area contributed by atoms with Crippen LogP contribution in [0.1, 0.15) is 35.6 Å². The fraction of sp³-hybridized carbons (Fsp3) is 0.600. The first kappa shape index (κ1) is 12.6. The molecule has 0 saturated carbocycles. The van der Waals surface area contributed by atoms with Gasteiger partial charge in [0.25, 0.3) is 0 Å². The molecule has 0 spiro atoms. The van der Waals surface area contributed by atoms with Gasteiger partial charge in [-0.1, -0.05) is 18.2 Å². The van der Waals surface area contributed by atoms with Gasteiger partial charge in [-0.2, -0.15) is 0 Å². The van der Waals surface area contributed by atoms with Gasteiger partial charge in [-0.3, -0.25) is 0 Å². The molecule has 1 aromatic rings. The Kier molecular flexibility index (Phi) is 4.19. The van der Waals surface area contributed by atoms with Crippen molar-refractivity contribution in [2.75, 3.05) is 20.3 Å². The number of aryl methyl sites for hydroxylation is 1. The van der Waals surface area contributed by atoms with Gasteiger partial charge in [0.1, 0.15) is 0 Å². The third-order valence-corrected chi connectivity index (χ3v) is 3.96. The Bertz CT molecular complexity index is 369. The van der Waals surface area contributed by atoms with E-state index in [0.717, 1.165) is 13.2 Å². The van der Waals surface area contributed by atoms with Crippen LogP contribution in [0.2, 0.25) is 0 Å². The molecule has 0 bridgehead atoms. The molecule has 0 aliphatic carbocycles. The standard InChI is InChI=1S/C15H23NO/c1-11-6-4-8-14(12(11)2)15(16-3)13-7-5-9-17-10-13/h4,6,8,13,15-16H,5,7,9-10H2,1-3H3. The second kappa shape index (κ2) is 5.65. The fourth-order valence-corrected chi connectivity index (χ4v) is 2.78. The minimum atomic E-state index is 0.426. The van der Waals surface area contributed by atoms with Crippen LogP contribution in [0.15, 0.2) is 18.2 Å². The van der Waals surface area contributed by atoms with Gasteiger partial charge in [-0.25, -0.2) is 0 Å². The largest absolute Gasteiger partial charge is 0.381 e. The van der Waals surface area contributed by atoms with E-state index in [4.69, 9.17) is 4.74 Å². The van der Waals surface area contributed by atoms with Crippen LogP contribution < -0.4 is 5.32 Å². The minimum absolute atomic E-state index is 0.426. The number of rotatable bonds is 3. The van der Waals surface area contributed by atoms with Crippen molar-refractivity contribution < 1.29 is 4.74 Å². The Morgan fingerprint density at radius 3 is 2.82 bits per heavy atom. The summed E-state index contributed by atoms with van der Waals surface area (Å²) in [6, 6.07) is 7.02. The number of nitrogens with one attached hydrogen (secondary N) is 1. The average Bonchev–Trinajstić information content (AvgIpc) is 2.37. The van der Waals surface area contributed by atoms with E-state index >= 15 is 0 Å². The highest BCUT2D eigenvalue weighted by Crippen LogP contribution is 2.31. The summed E-state index contributed by atoms with van der Waals surface area (Å²) in [5.74, 6) is 0.606. The molecule has 1 aliphatic rings. The monoisotopic (exact) mass is 233 g/mol. The van der Waals surface area contributed by atoms with Gasteiger partial charge in [0.2, 0.25) is 0 Å². The Labute approximate surface area is 104 Å². The molecule has 0 aromatic heterocycles. The van der Waals surface area contributed by atoms with Crippen LogP contribution in [-0.4, -0.2) is 20.3 Å². The van der Waals surface area contributed by atoms with Gasteiger partial charge < -0.3 is 10.1 Å². The molecular formula is C15H23NO. The van der Waals surface area contributed by atoms with Gasteiger partial charge in [-0.05, 0) is 50.4 Å². The maximum absolute atomic E-state index is 5.62. The molecule has 1 N–H and O–H groups in total. The van der Waals surface area contributed by atoms with E-state index in [-0.39, 0.29) is 0 Å². The Morgan fingerprint density at radius 1 is 1.35 bits per heavy atom. The van der Waals surface area contributed by atoms with Crippen LogP contribution in [0.4, 0.5) is 0 Å². The number of benzene rings is 1. The second-order valence-electron chi connectivity index (χ2n) is 5.03. The quantitative estimate of drug-likeness (QED) is 0.866. The first-order valence-electron chi connectivity index (χ1n) is 6.55. The lowest BCUT2D eigenvalue weighted by atomic mass is 9.86. The summed E-state index contributed by atoms with van der Waals surface area (Å²) in [6.45, 7) is 6.22. The first-order chi connectivity index (χ1) is 8.24. The molecule has 2 rings (SSSR count). The molecule has 0 radical (unpaired) electrons. The lowest BCUT2D eigenvalue weighted by molar-refractivity contribution is 0.0401. The third kappa shape index (κ3) is 2.70. The van der Waals surface area contributed by atoms with Gasteiger partial charge in [0.15, 0.2) is 0 Å². The average molecular weight is 233 g/mol. The van der Waals surface area contributed by atoms with Crippen LogP contribution in [0.5, 0.6) is 0 Å². The summed E-state index contributed by atoms with van der Waals surface area (Å²) in [4.78, 5) is 0. The van der Waals surface area contributed by atoms with Crippen molar-refractivity contribution in [1.29, 1.82) is 0 Å². The highest BCUT2D eigenvalue weighted by Gasteiger charge is 2.25. The summed E-state index contributed by atoms with van der Waals surface area (Å²) >= 11 is 0. The van der Waals surface area contributed by atoms with Crippen molar-refractivity contribution in [2.45, 2.75) is 32.7 Å². The summed E-state index contributed by atoms with van der Waals surface area (Å²) in [6.07, 6.45) is 2.45. The molecule has 2 unspecified atom stereocenters. The molecule has 2 nitrogen and oxygen atoms in total. The lowest BCUT2D eigenvalue weighted by Gasteiger charge is -2.31. The van der Waals surface area contributed by atoms with Crippen molar-refractivity contribution in [2.24, 2.45) is 5.92 Å². The molecular weight excluding hydrogens is 210 g/mol. The lowest BCUT2D eigenvalue weighted by Crippen LogP contribution is -2.32. The van der Waals surface area contributed by atoms with E-state index in [1.807, 2.05) is 0 Å². The zero-order chi connectivity index (χ0) is 12.3. The van der Waals surface area contributed by atoms with Gasteiger partial charge in [0, 0.05) is 18.6 Å². The van der Waals surface area contributed by atoms with Crippen LogP contribution in [0.3, 0.4) is 0 Å². The molecule has 1 aromatic carbocycles. The fourth-order valence-electron chi connectivity index (χ4n) is 2.78. The zero-order valence-corrected chi connectivity index (χ0v) is 11.1. The zero-order valence-electron chi connectivity index (χ0n) is 11.1. The Balaban J connectivity index is 2.24. The van der Waals surface area contributed by atoms with Crippen LogP contribution in [0, 0.1) is 19.8 Å². The first-order valence-corrected chi connectivity index (χ1v) is 6.55. The summed E-state index contributed by atoms with van der Waals surface area (Å²) < 4.78 is 5.62. The maximum atomic E-state index is 5.62. The van der Waals surface area contributed by atoms with Crippen molar-refractivity contribution in [3.63, 3.8) is 0 Å². The van der Waals surface area contributed by atoms with E-state index in [2.05, 4.69) is 44.4 Å². The normalized spacial score (nSPS) is 22.4. The molecule has 17 heavy (non-hydrogen) atoms. The van der Waals surface area contributed by atoms with Crippen LogP contribution >= 0.6 is 0 Å². The predicted octanol–water partition coefficient (Wildman–Crippen LogP) is 2.99. The van der Waals surface area contributed by atoms with E-state index in [1.165, 1.54) is 29.5 Å². The SMILES string of the molecule is CNC(c1cccc(C)c1C)C1CCCOC1. The van der Waals surface area contributed by atoms with Crippen molar-refractivity contribution in [3.8, 4) is 0 Å². The molecule has 1 aliphatic heterocycles. The summed E-state index contributed by atoms with van der Waals surface area (Å²) in [5.41, 5.74) is 4.22. The Morgan fingerprint density at radius 2 is 2.18 bits per heavy atom. The van der Waals surface area contributed by atoms with Crippen molar-refractivity contribution in [1.82, 2.24) is 5.32 Å². The molecule has 1 fully saturated rings. The van der Waals surface area contributed by atoms with E-state index in [0.29, 0.717) is 12.0 Å². The molecule has 2 heteroatoms. The molecule has 94 valence electrons. The van der Waals surface area contributed by atoms with Crippen LogP contribution in [0.25, 0.3) is 0 Å². The minimum Gasteiger partial charge on any atom is -0.381 e. The van der Waals surface area contributed by atoms with E-state index in [1.54, 1.807) is 0 Å². The predicted molar refractivity (Wildman–Crippen MR) is 71.3 cm³/mol. The summed E-state index contributed by atoms with van der Waals surface area (Å²) in [5, 5.41) is 3.48. The smallest absolute Gasteiger partial charge is 0.0512 e. The molecule has 1 heterocycles. The second-order valence-corrected chi connectivity index (χ2v) is 5.03. The molecule has 0 amide bonds. The topological polar surface area (TPSA) is 21.3 Å². The molecule has 1 saturated heterocycles. The van der Waals surface area contributed by atoms with Crippen LogP contribution in [-0.2, 0) is 4.74 Å². The Hall–Kier alpha value is -0.860. The maximum Gasteiger partial charge on any atom is 0.0512 e. The van der Waals surface area contributed by atoms with Gasteiger partial charge >= 0.3 is 0 Å². The van der Waals surface area contributed by atoms with Crippen molar-refractivity contribution in [3.05, 3.63) is 34.9 Å². The van der Waals surface area contributed by atoms with Crippen molar-refractivity contribution >= 4 is 0 Å². The number of hydrogen-bond donors (Lipinski definition) is 1. The highest BCUT2D eigenvalue weighted by molar-refractivity contribution is 5.35.